The average molecular weight is 359 g/mol. The maximum absolute atomic E-state index is 12.8. The van der Waals surface area contributed by atoms with Crippen LogP contribution >= 0.6 is 11.6 Å². The Kier molecular flexibility index (Phi) is 5.95. The Hall–Kier alpha value is -2.04. The van der Waals surface area contributed by atoms with Crippen LogP contribution in [0.4, 0.5) is 0 Å². The zero-order valence-electron chi connectivity index (χ0n) is 14.1. The highest BCUT2D eigenvalue weighted by Crippen LogP contribution is 2.31. The number of amides is 1. The van der Waals surface area contributed by atoms with Gasteiger partial charge in [0.25, 0.3) is 5.91 Å². The van der Waals surface area contributed by atoms with Gasteiger partial charge in [-0.2, -0.15) is 0 Å². The second kappa shape index (κ2) is 8.37. The fourth-order valence-electron chi connectivity index (χ4n) is 3.21. The number of nitrogens with one attached hydrogen (secondary N) is 1. The van der Waals surface area contributed by atoms with E-state index in [0.717, 1.165) is 25.7 Å². The molecule has 0 radical (unpaired) electrons. The fraction of sp³-hybridized carbons (Fsp3) is 0.350. The number of carbonyl (C=O) groups is 1. The summed E-state index contributed by atoms with van der Waals surface area (Å²) < 4.78 is 5.71. The molecule has 1 aliphatic rings. The Balaban J connectivity index is 1.78. The van der Waals surface area contributed by atoms with Crippen LogP contribution in [0.5, 0.6) is 5.75 Å². The number of benzene rings is 2. The molecule has 2 aromatic carbocycles. The van der Waals surface area contributed by atoms with Crippen LogP contribution in [0.1, 0.15) is 46.8 Å². The Morgan fingerprint density at radius 1 is 1.28 bits per heavy atom. The lowest BCUT2D eigenvalue weighted by atomic mass is 9.87. The maximum Gasteiger partial charge on any atom is 0.255 e. The molecule has 132 valence electrons. The van der Waals surface area contributed by atoms with Gasteiger partial charge in [0.15, 0.2) is 0 Å². The SMILES string of the molecule is NCCCOc1cc(Cl)ccc1C(=O)NC1CCCc2ccccc21. The number of rotatable bonds is 6. The first-order valence-electron chi connectivity index (χ1n) is 8.70. The summed E-state index contributed by atoms with van der Waals surface area (Å²) in [5.74, 6) is 0.365. The summed E-state index contributed by atoms with van der Waals surface area (Å²) >= 11 is 6.06. The van der Waals surface area contributed by atoms with Crippen molar-refractivity contribution in [1.82, 2.24) is 5.32 Å². The number of hydrogen-bond donors (Lipinski definition) is 2. The summed E-state index contributed by atoms with van der Waals surface area (Å²) in [5, 5.41) is 3.70. The minimum Gasteiger partial charge on any atom is -0.493 e. The van der Waals surface area contributed by atoms with Gasteiger partial charge in [-0.1, -0.05) is 35.9 Å². The van der Waals surface area contributed by atoms with Crippen molar-refractivity contribution in [2.75, 3.05) is 13.2 Å². The van der Waals surface area contributed by atoms with E-state index in [9.17, 15) is 4.79 Å². The van der Waals surface area contributed by atoms with Crippen LogP contribution in [-0.2, 0) is 6.42 Å². The van der Waals surface area contributed by atoms with Gasteiger partial charge in [0.2, 0.25) is 0 Å². The van der Waals surface area contributed by atoms with Crippen molar-refractivity contribution in [3.63, 3.8) is 0 Å². The molecule has 0 aromatic heterocycles. The third-order valence-electron chi connectivity index (χ3n) is 4.47. The van der Waals surface area contributed by atoms with Crippen molar-refractivity contribution in [1.29, 1.82) is 0 Å². The lowest BCUT2D eigenvalue weighted by Crippen LogP contribution is -2.31. The first kappa shape index (κ1) is 17.8. The Labute approximate surface area is 153 Å². The molecular weight excluding hydrogens is 336 g/mol. The third kappa shape index (κ3) is 4.33. The van der Waals surface area contributed by atoms with Gasteiger partial charge in [0.05, 0.1) is 18.2 Å². The highest BCUT2D eigenvalue weighted by atomic mass is 35.5. The quantitative estimate of drug-likeness (QED) is 0.770. The van der Waals surface area contributed by atoms with Crippen LogP contribution in [0.25, 0.3) is 0 Å². The largest absolute Gasteiger partial charge is 0.493 e. The number of hydrogen-bond acceptors (Lipinski definition) is 3. The summed E-state index contributed by atoms with van der Waals surface area (Å²) in [5.41, 5.74) is 8.53. The van der Waals surface area contributed by atoms with E-state index in [-0.39, 0.29) is 11.9 Å². The van der Waals surface area contributed by atoms with Crippen molar-refractivity contribution >= 4 is 17.5 Å². The molecule has 1 aliphatic carbocycles. The second-order valence-corrected chi connectivity index (χ2v) is 6.68. The van der Waals surface area contributed by atoms with Crippen LogP contribution in [0.3, 0.4) is 0 Å². The fourth-order valence-corrected chi connectivity index (χ4v) is 3.37. The van der Waals surface area contributed by atoms with Crippen LogP contribution in [0, 0.1) is 0 Å². The van der Waals surface area contributed by atoms with Crippen molar-refractivity contribution in [2.45, 2.75) is 31.7 Å². The van der Waals surface area contributed by atoms with Crippen molar-refractivity contribution < 1.29 is 9.53 Å². The second-order valence-electron chi connectivity index (χ2n) is 6.25. The minimum atomic E-state index is -0.138. The van der Waals surface area contributed by atoms with E-state index in [1.807, 2.05) is 12.1 Å². The highest BCUT2D eigenvalue weighted by molar-refractivity contribution is 6.30. The van der Waals surface area contributed by atoms with Gasteiger partial charge in [-0.15, -0.1) is 0 Å². The zero-order valence-corrected chi connectivity index (χ0v) is 14.9. The van der Waals surface area contributed by atoms with Crippen LogP contribution in [0.2, 0.25) is 5.02 Å². The number of ether oxygens (including phenoxy) is 1. The van der Waals surface area contributed by atoms with E-state index in [1.54, 1.807) is 18.2 Å². The number of carbonyl (C=O) groups excluding carboxylic acids is 1. The van der Waals surface area contributed by atoms with Crippen LogP contribution in [0.15, 0.2) is 42.5 Å². The molecule has 5 heteroatoms. The summed E-state index contributed by atoms with van der Waals surface area (Å²) in [6, 6.07) is 13.4. The van der Waals surface area contributed by atoms with Crippen LogP contribution < -0.4 is 15.8 Å². The lowest BCUT2D eigenvalue weighted by Gasteiger charge is -2.26. The van der Waals surface area contributed by atoms with Gasteiger partial charge >= 0.3 is 0 Å². The maximum atomic E-state index is 12.8. The minimum absolute atomic E-state index is 0.0324. The first-order chi connectivity index (χ1) is 12.2. The number of nitrogens with two attached hydrogens (primary N) is 1. The molecule has 1 atom stereocenters. The third-order valence-corrected chi connectivity index (χ3v) is 4.70. The summed E-state index contributed by atoms with van der Waals surface area (Å²) in [7, 11) is 0. The van der Waals surface area contributed by atoms with Gasteiger partial charge in [-0.05, 0) is 61.6 Å². The zero-order chi connectivity index (χ0) is 17.6. The summed E-state index contributed by atoms with van der Waals surface area (Å²) in [6.45, 7) is 1.00. The number of halogens is 1. The van der Waals surface area contributed by atoms with E-state index in [1.165, 1.54) is 11.1 Å². The molecule has 0 aliphatic heterocycles. The highest BCUT2D eigenvalue weighted by Gasteiger charge is 2.23. The van der Waals surface area contributed by atoms with Gasteiger partial charge in [0, 0.05) is 5.02 Å². The molecule has 25 heavy (non-hydrogen) atoms. The van der Waals surface area contributed by atoms with Crippen molar-refractivity contribution in [2.24, 2.45) is 5.73 Å². The Morgan fingerprint density at radius 2 is 2.12 bits per heavy atom. The first-order valence-corrected chi connectivity index (χ1v) is 9.08. The van der Waals surface area contributed by atoms with Gasteiger partial charge in [-0.3, -0.25) is 4.79 Å². The topological polar surface area (TPSA) is 64.3 Å². The van der Waals surface area contributed by atoms with Gasteiger partial charge < -0.3 is 15.8 Å². The molecule has 1 amide bonds. The van der Waals surface area contributed by atoms with Crippen molar-refractivity contribution in [3.05, 3.63) is 64.2 Å². The van der Waals surface area contributed by atoms with E-state index in [4.69, 9.17) is 22.1 Å². The molecule has 2 aromatic rings. The van der Waals surface area contributed by atoms with Crippen molar-refractivity contribution in [3.8, 4) is 5.75 Å². The molecular formula is C20H23ClN2O2. The molecule has 3 N–H and O–H groups in total. The molecule has 1 unspecified atom stereocenters. The van der Waals surface area contributed by atoms with Gasteiger partial charge in [0.1, 0.15) is 5.75 Å². The predicted molar refractivity (Wildman–Crippen MR) is 100 cm³/mol. The van der Waals surface area contributed by atoms with E-state index in [0.29, 0.717) is 29.5 Å². The molecule has 4 nitrogen and oxygen atoms in total. The molecule has 0 spiro atoms. The van der Waals surface area contributed by atoms with E-state index >= 15 is 0 Å². The standard InChI is InChI=1S/C20H23ClN2O2/c21-15-9-10-17(19(13-15)25-12-4-11-22)20(24)23-18-8-3-6-14-5-1-2-7-16(14)18/h1-2,5,7,9-10,13,18H,3-4,6,8,11-12,22H2,(H,23,24). The lowest BCUT2D eigenvalue weighted by molar-refractivity contribution is 0.0928. The predicted octanol–water partition coefficient (Wildman–Crippen LogP) is 3.88. The molecule has 0 fully saturated rings. The number of aryl methyl sites for hydroxylation is 1. The molecule has 0 saturated heterocycles. The monoisotopic (exact) mass is 358 g/mol. The summed E-state index contributed by atoms with van der Waals surface area (Å²) in [4.78, 5) is 12.8. The van der Waals surface area contributed by atoms with Gasteiger partial charge in [-0.25, -0.2) is 0 Å². The molecule has 0 saturated carbocycles. The molecule has 0 bridgehead atoms. The number of fused-ring (bicyclic) bond motifs is 1. The van der Waals surface area contributed by atoms with E-state index < -0.39 is 0 Å². The van der Waals surface area contributed by atoms with Crippen LogP contribution in [-0.4, -0.2) is 19.1 Å². The summed E-state index contributed by atoms with van der Waals surface area (Å²) in [6.07, 6.45) is 3.81. The van der Waals surface area contributed by atoms with E-state index in [2.05, 4.69) is 17.4 Å². The smallest absolute Gasteiger partial charge is 0.255 e. The Bertz CT molecular complexity index is 748. The molecule has 0 heterocycles. The normalized spacial score (nSPS) is 16.2. The average Bonchev–Trinajstić information content (AvgIpc) is 2.62. The molecule has 3 rings (SSSR count). The Morgan fingerprint density at radius 3 is 2.96 bits per heavy atom.